The maximum atomic E-state index is 13.4. The SMILES string of the molecule is Fc1ccc(-n2cnnn2)c(NCc2cnc(Cl)s2)c1. The van der Waals surface area contributed by atoms with E-state index in [2.05, 4.69) is 25.8 Å². The van der Waals surface area contributed by atoms with Crippen LogP contribution < -0.4 is 5.32 Å². The van der Waals surface area contributed by atoms with Gasteiger partial charge in [0, 0.05) is 11.1 Å². The van der Waals surface area contributed by atoms with Gasteiger partial charge in [-0.1, -0.05) is 11.6 Å². The van der Waals surface area contributed by atoms with Crippen molar-refractivity contribution in [1.29, 1.82) is 0 Å². The van der Waals surface area contributed by atoms with Gasteiger partial charge in [-0.3, -0.25) is 0 Å². The fraction of sp³-hybridized carbons (Fsp3) is 0.0909. The largest absolute Gasteiger partial charge is 0.378 e. The van der Waals surface area contributed by atoms with Gasteiger partial charge in [0.2, 0.25) is 0 Å². The van der Waals surface area contributed by atoms with E-state index in [9.17, 15) is 4.39 Å². The molecule has 2 aromatic heterocycles. The summed E-state index contributed by atoms with van der Waals surface area (Å²) in [6.07, 6.45) is 3.12. The second kappa shape index (κ2) is 5.51. The van der Waals surface area contributed by atoms with Crippen molar-refractivity contribution < 1.29 is 4.39 Å². The molecule has 1 aromatic carbocycles. The molecular formula is C11H8ClFN6S. The molecule has 1 N–H and O–H groups in total. The van der Waals surface area contributed by atoms with E-state index in [1.165, 1.54) is 34.5 Å². The lowest BCUT2D eigenvalue weighted by molar-refractivity contribution is 0.627. The molecule has 0 spiro atoms. The van der Waals surface area contributed by atoms with Gasteiger partial charge in [-0.25, -0.2) is 9.37 Å². The molecule has 0 aliphatic rings. The molecule has 0 bridgehead atoms. The van der Waals surface area contributed by atoms with Crippen LogP contribution in [0.1, 0.15) is 4.88 Å². The summed E-state index contributed by atoms with van der Waals surface area (Å²) in [5, 5.41) is 14.1. The van der Waals surface area contributed by atoms with Crippen molar-refractivity contribution in [2.75, 3.05) is 5.32 Å². The van der Waals surface area contributed by atoms with Crippen molar-refractivity contribution in [3.8, 4) is 5.69 Å². The van der Waals surface area contributed by atoms with Gasteiger partial charge in [0.25, 0.3) is 0 Å². The number of hydrogen-bond donors (Lipinski definition) is 1. The molecule has 3 aromatic rings. The third-order valence-corrected chi connectivity index (χ3v) is 3.65. The van der Waals surface area contributed by atoms with Gasteiger partial charge in [-0.2, -0.15) is 4.68 Å². The molecule has 0 atom stereocenters. The summed E-state index contributed by atoms with van der Waals surface area (Å²) in [5.74, 6) is -0.341. The van der Waals surface area contributed by atoms with Crippen LogP contribution in [0.25, 0.3) is 5.69 Å². The lowest BCUT2D eigenvalue weighted by atomic mass is 10.2. The van der Waals surface area contributed by atoms with Crippen LogP contribution in [0.3, 0.4) is 0 Å². The van der Waals surface area contributed by atoms with E-state index >= 15 is 0 Å². The Kier molecular flexibility index (Phi) is 3.57. The second-order valence-electron chi connectivity index (χ2n) is 3.85. The van der Waals surface area contributed by atoms with Crippen molar-refractivity contribution in [3.05, 3.63) is 45.9 Å². The van der Waals surface area contributed by atoms with E-state index in [-0.39, 0.29) is 5.82 Å². The Morgan fingerprint density at radius 3 is 3.00 bits per heavy atom. The smallest absolute Gasteiger partial charge is 0.183 e. The van der Waals surface area contributed by atoms with Crippen LogP contribution in [0.2, 0.25) is 4.47 Å². The number of nitrogens with one attached hydrogen (secondary N) is 1. The molecule has 3 rings (SSSR count). The fourth-order valence-corrected chi connectivity index (χ4v) is 2.59. The zero-order chi connectivity index (χ0) is 13.9. The summed E-state index contributed by atoms with van der Waals surface area (Å²) in [6, 6.07) is 4.35. The van der Waals surface area contributed by atoms with Crippen molar-refractivity contribution in [1.82, 2.24) is 25.2 Å². The highest BCUT2D eigenvalue weighted by atomic mass is 35.5. The second-order valence-corrected chi connectivity index (χ2v) is 5.55. The molecule has 102 valence electrons. The summed E-state index contributed by atoms with van der Waals surface area (Å²) in [5.41, 5.74) is 1.24. The van der Waals surface area contributed by atoms with Gasteiger partial charge in [0.05, 0.1) is 17.9 Å². The van der Waals surface area contributed by atoms with Crippen LogP contribution in [0.15, 0.2) is 30.7 Å². The first-order valence-electron chi connectivity index (χ1n) is 5.59. The average molecular weight is 311 g/mol. The number of tetrazole rings is 1. The number of anilines is 1. The minimum absolute atomic E-state index is 0.341. The topological polar surface area (TPSA) is 68.5 Å². The average Bonchev–Trinajstić information content (AvgIpc) is 3.08. The van der Waals surface area contributed by atoms with Gasteiger partial charge >= 0.3 is 0 Å². The number of nitrogens with zero attached hydrogens (tertiary/aromatic N) is 5. The molecule has 20 heavy (non-hydrogen) atoms. The standard InChI is InChI=1S/C11H8ClFN6S/c12-11-15-5-8(20-11)4-14-9-3-7(13)1-2-10(9)19-6-16-17-18-19/h1-3,5-6,14H,4H2. The van der Waals surface area contributed by atoms with E-state index in [1.807, 2.05) is 0 Å². The number of rotatable bonds is 4. The van der Waals surface area contributed by atoms with Crippen molar-refractivity contribution >= 4 is 28.6 Å². The summed E-state index contributed by atoms with van der Waals surface area (Å²) in [7, 11) is 0. The first-order chi connectivity index (χ1) is 9.72. The predicted octanol–water partition coefficient (Wildman–Crippen LogP) is 2.52. The van der Waals surface area contributed by atoms with Crippen LogP contribution >= 0.6 is 22.9 Å². The van der Waals surface area contributed by atoms with E-state index in [4.69, 9.17) is 11.6 Å². The molecule has 0 amide bonds. The van der Waals surface area contributed by atoms with Crippen LogP contribution in [0, 0.1) is 5.82 Å². The van der Waals surface area contributed by atoms with Crippen molar-refractivity contribution in [2.24, 2.45) is 0 Å². The zero-order valence-corrected chi connectivity index (χ0v) is 11.6. The molecular weight excluding hydrogens is 303 g/mol. The maximum Gasteiger partial charge on any atom is 0.183 e. The molecule has 0 unspecified atom stereocenters. The van der Waals surface area contributed by atoms with Gasteiger partial charge in [-0.05, 0) is 28.6 Å². The molecule has 0 aliphatic carbocycles. The van der Waals surface area contributed by atoms with Crippen LogP contribution in [-0.2, 0) is 6.54 Å². The molecule has 6 nitrogen and oxygen atoms in total. The van der Waals surface area contributed by atoms with E-state index in [1.54, 1.807) is 12.3 Å². The molecule has 0 saturated heterocycles. The Morgan fingerprint density at radius 1 is 1.40 bits per heavy atom. The molecule has 9 heteroatoms. The molecule has 2 heterocycles. The van der Waals surface area contributed by atoms with Crippen molar-refractivity contribution in [2.45, 2.75) is 6.54 Å². The first-order valence-corrected chi connectivity index (χ1v) is 6.79. The molecule has 0 fully saturated rings. The monoisotopic (exact) mass is 310 g/mol. The zero-order valence-electron chi connectivity index (χ0n) is 9.99. The highest BCUT2D eigenvalue weighted by Gasteiger charge is 2.08. The number of benzene rings is 1. The molecule has 0 saturated carbocycles. The third-order valence-electron chi connectivity index (χ3n) is 2.53. The third kappa shape index (κ3) is 2.75. The minimum atomic E-state index is -0.341. The van der Waals surface area contributed by atoms with Gasteiger partial charge in [0.15, 0.2) is 4.47 Å². The van der Waals surface area contributed by atoms with Crippen LogP contribution in [0.5, 0.6) is 0 Å². The van der Waals surface area contributed by atoms with Gasteiger partial charge in [0.1, 0.15) is 12.1 Å². The highest BCUT2D eigenvalue weighted by Crippen LogP contribution is 2.23. The number of aromatic nitrogens is 5. The summed E-state index contributed by atoms with van der Waals surface area (Å²) in [4.78, 5) is 4.90. The van der Waals surface area contributed by atoms with Gasteiger partial charge < -0.3 is 5.32 Å². The van der Waals surface area contributed by atoms with E-state index < -0.39 is 0 Å². The summed E-state index contributed by atoms with van der Waals surface area (Å²) >= 11 is 7.13. The first kappa shape index (κ1) is 12.9. The Balaban J connectivity index is 1.86. The van der Waals surface area contributed by atoms with Crippen molar-refractivity contribution in [3.63, 3.8) is 0 Å². The van der Waals surface area contributed by atoms with E-state index in [0.29, 0.717) is 22.4 Å². The minimum Gasteiger partial charge on any atom is -0.378 e. The number of halogens is 2. The van der Waals surface area contributed by atoms with Crippen LogP contribution in [-0.4, -0.2) is 25.2 Å². The Labute approximate surface area is 122 Å². The lowest BCUT2D eigenvalue weighted by Crippen LogP contribution is -2.05. The predicted molar refractivity (Wildman–Crippen MR) is 73.6 cm³/mol. The van der Waals surface area contributed by atoms with E-state index in [0.717, 1.165) is 4.88 Å². The lowest BCUT2D eigenvalue weighted by Gasteiger charge is -2.10. The molecule has 0 radical (unpaired) electrons. The quantitative estimate of drug-likeness (QED) is 0.802. The molecule has 0 aliphatic heterocycles. The Morgan fingerprint density at radius 2 is 2.30 bits per heavy atom. The number of hydrogen-bond acceptors (Lipinski definition) is 6. The maximum absolute atomic E-state index is 13.4. The highest BCUT2D eigenvalue weighted by molar-refractivity contribution is 7.15. The fourth-order valence-electron chi connectivity index (χ4n) is 1.67. The summed E-state index contributed by atoms with van der Waals surface area (Å²) in [6.45, 7) is 0.489. The normalized spacial score (nSPS) is 10.7. The number of thiazole rings is 1. The van der Waals surface area contributed by atoms with Crippen LogP contribution in [0.4, 0.5) is 10.1 Å². The Hall–Kier alpha value is -2.06. The Bertz CT molecular complexity index is 714. The van der Waals surface area contributed by atoms with Gasteiger partial charge in [-0.15, -0.1) is 16.4 Å². The summed E-state index contributed by atoms with van der Waals surface area (Å²) < 4.78 is 15.3.